The third kappa shape index (κ3) is 4.44. The Morgan fingerprint density at radius 2 is 2.12 bits per heavy atom. The third-order valence-electron chi connectivity index (χ3n) is 6.82. The zero-order chi connectivity index (χ0) is 23.1. The average Bonchev–Trinajstić information content (AvgIpc) is 2.69. The van der Waals surface area contributed by atoms with Crippen molar-refractivity contribution in [3.05, 3.63) is 24.6 Å². The largest absolute Gasteiger partial charge is 0.425 e. The van der Waals surface area contributed by atoms with E-state index in [-0.39, 0.29) is 43.5 Å². The van der Waals surface area contributed by atoms with E-state index in [0.717, 1.165) is 19.0 Å². The summed E-state index contributed by atoms with van der Waals surface area (Å²) in [5.74, 6) is 1.76. The molecule has 0 bridgehead atoms. The van der Waals surface area contributed by atoms with Crippen LogP contribution in [0.4, 0.5) is 18.0 Å². The van der Waals surface area contributed by atoms with Crippen molar-refractivity contribution in [3.8, 4) is 12.3 Å². The molecule has 4 fully saturated rings. The average molecular weight is 454 g/mol. The Morgan fingerprint density at radius 3 is 2.75 bits per heavy atom. The van der Waals surface area contributed by atoms with Crippen LogP contribution in [0.25, 0.3) is 0 Å². The smallest absolute Gasteiger partial charge is 0.366 e. The molecule has 0 aromatic carbocycles. The van der Waals surface area contributed by atoms with Crippen LogP contribution >= 0.6 is 0 Å². The van der Waals surface area contributed by atoms with E-state index < -0.39 is 11.7 Å². The van der Waals surface area contributed by atoms with E-state index in [0.29, 0.717) is 39.1 Å². The van der Waals surface area contributed by atoms with Crippen LogP contribution in [0.5, 0.6) is 0 Å². The molecule has 0 unspecified atom stereocenters. The minimum absolute atomic E-state index is 0. The number of ether oxygens (including phenoxy) is 1. The van der Waals surface area contributed by atoms with Crippen LogP contribution in [0.2, 0.25) is 0 Å². The van der Waals surface area contributed by atoms with Crippen molar-refractivity contribution in [3.63, 3.8) is 0 Å². The Bertz CT molecular complexity index is 858. The van der Waals surface area contributed by atoms with Gasteiger partial charge in [0, 0.05) is 45.8 Å². The number of nitrogens with zero attached hydrogens (tertiary/aromatic N) is 3. The topological polar surface area (TPSA) is 65.1 Å². The second kappa shape index (κ2) is 8.35. The molecule has 1 spiro atoms. The standard InChI is InChI=1S/C22H27F3N4O3.H2/c1-3-16(22(23,24)25)10-27(4-2)9-15-7-21(8-15)13-29(14-21)20(31)28-6-5-18-17(11-28)26-19(30)12-32-18;/h1,4,10,15,17-18H,2,5-9,11-14H2,(H,26,30);1H/b16-10+;/t17-,18+;/m1./s1. The summed E-state index contributed by atoms with van der Waals surface area (Å²) in [6.07, 6.45) is 5.05. The van der Waals surface area contributed by atoms with Crippen molar-refractivity contribution in [1.29, 1.82) is 0 Å². The van der Waals surface area contributed by atoms with Crippen LogP contribution in [-0.4, -0.2) is 84.3 Å². The van der Waals surface area contributed by atoms with Gasteiger partial charge in [-0.3, -0.25) is 4.79 Å². The molecule has 4 aliphatic rings. The van der Waals surface area contributed by atoms with Crippen molar-refractivity contribution >= 4 is 11.9 Å². The van der Waals surface area contributed by atoms with E-state index in [1.165, 1.54) is 11.1 Å². The van der Waals surface area contributed by atoms with Crippen LogP contribution in [-0.2, 0) is 9.53 Å². The van der Waals surface area contributed by atoms with Gasteiger partial charge >= 0.3 is 12.2 Å². The lowest BCUT2D eigenvalue weighted by molar-refractivity contribution is -0.140. The normalized spacial score (nSPS) is 27.6. The molecule has 176 valence electrons. The maximum atomic E-state index is 12.9. The number of likely N-dealkylation sites (tertiary alicyclic amines) is 2. The Morgan fingerprint density at radius 1 is 1.41 bits per heavy atom. The number of piperidine rings is 1. The molecule has 3 aliphatic heterocycles. The maximum Gasteiger partial charge on any atom is 0.425 e. The number of nitrogens with one attached hydrogen (secondary N) is 1. The van der Waals surface area contributed by atoms with Crippen LogP contribution in [0, 0.1) is 23.7 Å². The van der Waals surface area contributed by atoms with Gasteiger partial charge in [-0.25, -0.2) is 4.79 Å². The molecule has 10 heteroatoms. The summed E-state index contributed by atoms with van der Waals surface area (Å²) in [6.45, 7) is 6.41. The lowest BCUT2D eigenvalue weighted by Gasteiger charge is -2.60. The molecule has 32 heavy (non-hydrogen) atoms. The molecule has 3 saturated heterocycles. The number of terminal acetylenes is 1. The summed E-state index contributed by atoms with van der Waals surface area (Å²) >= 11 is 0. The first kappa shape index (κ1) is 22.5. The molecule has 1 N–H and O–H groups in total. The second-order valence-corrected chi connectivity index (χ2v) is 9.24. The molecule has 1 saturated carbocycles. The highest BCUT2D eigenvalue weighted by Gasteiger charge is 2.54. The molecule has 0 aromatic heterocycles. The predicted octanol–water partition coefficient (Wildman–Crippen LogP) is 2.18. The quantitative estimate of drug-likeness (QED) is 0.662. The zero-order valence-electron chi connectivity index (χ0n) is 17.7. The zero-order valence-corrected chi connectivity index (χ0v) is 17.7. The molecule has 3 heterocycles. The third-order valence-corrected chi connectivity index (χ3v) is 6.82. The monoisotopic (exact) mass is 454 g/mol. The Hall–Kier alpha value is -2.67. The molecule has 7 nitrogen and oxygen atoms in total. The van der Waals surface area contributed by atoms with E-state index in [1.807, 2.05) is 4.90 Å². The van der Waals surface area contributed by atoms with Gasteiger partial charge < -0.3 is 24.8 Å². The van der Waals surface area contributed by atoms with Gasteiger partial charge in [-0.05, 0) is 31.4 Å². The van der Waals surface area contributed by atoms with Crippen molar-refractivity contribution < 1.29 is 28.9 Å². The maximum absolute atomic E-state index is 12.9. The number of fused-ring (bicyclic) bond motifs is 1. The van der Waals surface area contributed by atoms with Gasteiger partial charge in [-0.1, -0.05) is 12.5 Å². The number of carbonyl (C=O) groups is 2. The summed E-state index contributed by atoms with van der Waals surface area (Å²) in [5, 5.41) is 2.90. The van der Waals surface area contributed by atoms with Gasteiger partial charge in [0.15, 0.2) is 0 Å². The molecule has 2 atom stereocenters. The summed E-state index contributed by atoms with van der Waals surface area (Å²) in [7, 11) is 0. The summed E-state index contributed by atoms with van der Waals surface area (Å²) < 4.78 is 44.2. The highest BCUT2D eigenvalue weighted by atomic mass is 19.4. The molecular formula is C22H29F3N4O3. The number of rotatable bonds is 4. The minimum atomic E-state index is -4.56. The first-order chi connectivity index (χ1) is 15.1. The first-order valence-corrected chi connectivity index (χ1v) is 10.7. The fourth-order valence-corrected chi connectivity index (χ4v) is 5.36. The van der Waals surface area contributed by atoms with Gasteiger partial charge in [-0.15, -0.1) is 6.42 Å². The fraction of sp³-hybridized carbons (Fsp3) is 0.636. The van der Waals surface area contributed by atoms with E-state index in [1.54, 1.807) is 10.8 Å². The van der Waals surface area contributed by atoms with Crippen LogP contribution in [0.3, 0.4) is 0 Å². The molecule has 3 amide bonds. The van der Waals surface area contributed by atoms with Crippen molar-refractivity contribution in [2.75, 3.05) is 39.3 Å². The van der Waals surface area contributed by atoms with Crippen molar-refractivity contribution in [2.24, 2.45) is 11.3 Å². The van der Waals surface area contributed by atoms with Gasteiger partial charge in [0.2, 0.25) is 5.91 Å². The highest BCUT2D eigenvalue weighted by molar-refractivity contribution is 5.79. The Balaban J connectivity index is 0.00000306. The minimum Gasteiger partial charge on any atom is -0.366 e. The molecular weight excluding hydrogens is 425 g/mol. The number of alkyl halides is 3. The second-order valence-electron chi connectivity index (χ2n) is 9.24. The van der Waals surface area contributed by atoms with Crippen LogP contribution < -0.4 is 5.32 Å². The van der Waals surface area contributed by atoms with Gasteiger partial charge in [0.1, 0.15) is 12.2 Å². The number of morpholine rings is 1. The van der Waals surface area contributed by atoms with E-state index in [9.17, 15) is 22.8 Å². The summed E-state index contributed by atoms with van der Waals surface area (Å²) in [6, 6.07) is -0.198. The lowest BCUT2D eigenvalue weighted by Crippen LogP contribution is -2.68. The van der Waals surface area contributed by atoms with E-state index >= 15 is 0 Å². The molecule has 0 radical (unpaired) electrons. The van der Waals surface area contributed by atoms with Crippen LogP contribution in [0.1, 0.15) is 20.7 Å². The molecule has 0 aromatic rings. The summed E-state index contributed by atoms with van der Waals surface area (Å²) in [5.41, 5.74) is -0.980. The number of hydrogen-bond donors (Lipinski definition) is 1. The van der Waals surface area contributed by atoms with Crippen molar-refractivity contribution in [1.82, 2.24) is 20.0 Å². The number of urea groups is 1. The fourth-order valence-electron chi connectivity index (χ4n) is 5.36. The van der Waals surface area contributed by atoms with Gasteiger partial charge in [0.25, 0.3) is 0 Å². The first-order valence-electron chi connectivity index (χ1n) is 10.7. The number of allylic oxidation sites excluding steroid dienone is 1. The Kier molecular flexibility index (Phi) is 5.88. The number of amides is 3. The lowest BCUT2D eigenvalue weighted by atomic mass is 9.57. The van der Waals surface area contributed by atoms with Crippen LogP contribution in [0.15, 0.2) is 24.6 Å². The summed E-state index contributed by atoms with van der Waals surface area (Å²) in [4.78, 5) is 29.4. The van der Waals surface area contributed by atoms with E-state index in [4.69, 9.17) is 11.2 Å². The number of halogens is 3. The number of carbonyl (C=O) groups excluding carboxylic acids is 2. The van der Waals surface area contributed by atoms with Gasteiger partial charge in [-0.2, -0.15) is 13.2 Å². The van der Waals surface area contributed by atoms with Gasteiger partial charge in [0.05, 0.1) is 12.1 Å². The SMILES string of the molecule is C#C/C(=C\N(C=C)CC1CC2(C1)CN(C(=O)N1CC[C@@H]3OCC(=O)N[C@@H]3C1)C2)C(F)(F)F.[HH]. The number of hydrogen-bond acceptors (Lipinski definition) is 4. The van der Waals surface area contributed by atoms with E-state index in [2.05, 4.69) is 11.9 Å². The molecule has 1 aliphatic carbocycles. The van der Waals surface area contributed by atoms with Crippen molar-refractivity contribution in [2.45, 2.75) is 37.6 Å². The highest BCUT2D eigenvalue weighted by Crippen LogP contribution is 2.52. The molecule has 4 rings (SSSR count). The predicted molar refractivity (Wildman–Crippen MR) is 112 cm³/mol. The Labute approximate surface area is 186 Å².